The van der Waals surface area contributed by atoms with E-state index in [9.17, 15) is 0 Å². The maximum absolute atomic E-state index is 4.59. The number of piperazine rings is 1. The van der Waals surface area contributed by atoms with E-state index in [1.54, 1.807) is 24.5 Å². The van der Waals surface area contributed by atoms with Crippen LogP contribution in [0.4, 0.5) is 29.0 Å². The number of nitrogens with one attached hydrogen (secondary N) is 4. The standard InChI is InChI=1S/C28H34N10/c1-19-5-4-6-24(33-19)27-30-13-11-25(36-27)35-26-12-14-31-28(37-26)34-23-9-7-22(8-10-23)29-15-16-38-17-20(2)32-21(3)18-38/h4-14,20-21,29,32H,15-18H2,1-3H3,(H2,30,31,34,35,36,37). The van der Waals surface area contributed by atoms with Crippen molar-refractivity contribution in [3.8, 4) is 11.5 Å². The van der Waals surface area contributed by atoms with Gasteiger partial charge in [0.2, 0.25) is 5.95 Å². The second kappa shape index (κ2) is 11.9. The van der Waals surface area contributed by atoms with Crippen LogP contribution in [-0.2, 0) is 0 Å². The summed E-state index contributed by atoms with van der Waals surface area (Å²) in [6, 6.07) is 18.6. The van der Waals surface area contributed by atoms with Gasteiger partial charge in [0.1, 0.15) is 17.3 Å². The molecular formula is C28H34N10. The summed E-state index contributed by atoms with van der Waals surface area (Å²) in [4.78, 5) is 24.9. The highest BCUT2D eigenvalue weighted by Crippen LogP contribution is 2.20. The monoisotopic (exact) mass is 510 g/mol. The average molecular weight is 511 g/mol. The molecule has 4 aromatic rings. The number of hydrogen-bond acceptors (Lipinski definition) is 10. The number of hydrogen-bond donors (Lipinski definition) is 4. The van der Waals surface area contributed by atoms with Crippen molar-refractivity contribution >= 4 is 29.0 Å². The SMILES string of the molecule is Cc1cccc(-c2nccc(Nc3ccnc(Nc4ccc(NCCN5CC(C)NC(C)C5)cc4)n3)n2)n1. The van der Waals surface area contributed by atoms with E-state index in [1.165, 1.54) is 0 Å². The summed E-state index contributed by atoms with van der Waals surface area (Å²) in [6.07, 6.45) is 3.41. The Morgan fingerprint density at radius 3 is 2.29 bits per heavy atom. The fourth-order valence-electron chi connectivity index (χ4n) is 4.62. The molecule has 2 unspecified atom stereocenters. The molecule has 0 bridgehead atoms. The summed E-state index contributed by atoms with van der Waals surface area (Å²) >= 11 is 0. The second-order valence-electron chi connectivity index (χ2n) is 9.68. The van der Waals surface area contributed by atoms with E-state index in [-0.39, 0.29) is 0 Å². The van der Waals surface area contributed by atoms with E-state index in [0.717, 1.165) is 48.9 Å². The Hall–Kier alpha value is -4.15. The number of aryl methyl sites for hydroxylation is 1. The van der Waals surface area contributed by atoms with Gasteiger partial charge in [0.25, 0.3) is 0 Å². The van der Waals surface area contributed by atoms with Gasteiger partial charge in [0.05, 0.1) is 0 Å². The molecule has 1 aromatic carbocycles. The minimum absolute atomic E-state index is 0.493. The highest BCUT2D eigenvalue weighted by atomic mass is 15.2. The van der Waals surface area contributed by atoms with Crippen molar-refractivity contribution in [2.24, 2.45) is 0 Å². The van der Waals surface area contributed by atoms with Crippen LogP contribution in [0.3, 0.4) is 0 Å². The Morgan fingerprint density at radius 1 is 0.816 bits per heavy atom. The van der Waals surface area contributed by atoms with Gasteiger partial charge in [-0.1, -0.05) is 6.07 Å². The Balaban J connectivity index is 1.15. The van der Waals surface area contributed by atoms with Crippen LogP contribution in [0.2, 0.25) is 0 Å². The zero-order valence-electron chi connectivity index (χ0n) is 22.0. The largest absolute Gasteiger partial charge is 0.384 e. The smallest absolute Gasteiger partial charge is 0.229 e. The molecule has 1 aliphatic heterocycles. The van der Waals surface area contributed by atoms with Gasteiger partial charge in [0, 0.05) is 67.7 Å². The van der Waals surface area contributed by atoms with Crippen molar-refractivity contribution in [3.05, 3.63) is 72.7 Å². The van der Waals surface area contributed by atoms with Crippen LogP contribution in [0.25, 0.3) is 11.5 Å². The normalized spacial score (nSPS) is 17.7. The van der Waals surface area contributed by atoms with Crippen molar-refractivity contribution in [3.63, 3.8) is 0 Å². The predicted molar refractivity (Wildman–Crippen MR) is 152 cm³/mol. The molecule has 1 saturated heterocycles. The lowest BCUT2D eigenvalue weighted by atomic mass is 10.1. The van der Waals surface area contributed by atoms with Crippen molar-refractivity contribution in [1.29, 1.82) is 0 Å². The number of nitrogens with zero attached hydrogens (tertiary/aromatic N) is 6. The Morgan fingerprint density at radius 2 is 1.53 bits per heavy atom. The van der Waals surface area contributed by atoms with Gasteiger partial charge in [-0.15, -0.1) is 0 Å². The zero-order valence-corrected chi connectivity index (χ0v) is 22.0. The molecule has 1 fully saturated rings. The lowest BCUT2D eigenvalue weighted by molar-refractivity contribution is 0.179. The number of rotatable bonds is 9. The van der Waals surface area contributed by atoms with Gasteiger partial charge < -0.3 is 21.3 Å². The third kappa shape index (κ3) is 6.99. The van der Waals surface area contributed by atoms with Gasteiger partial charge in [-0.3, -0.25) is 4.90 Å². The van der Waals surface area contributed by atoms with Crippen LogP contribution >= 0.6 is 0 Å². The maximum Gasteiger partial charge on any atom is 0.229 e. The third-order valence-corrected chi connectivity index (χ3v) is 6.22. The van der Waals surface area contributed by atoms with Crippen LogP contribution in [0, 0.1) is 6.92 Å². The number of anilines is 5. The molecule has 196 valence electrons. The second-order valence-corrected chi connectivity index (χ2v) is 9.68. The van der Waals surface area contributed by atoms with Crippen LogP contribution in [0.15, 0.2) is 67.0 Å². The molecule has 38 heavy (non-hydrogen) atoms. The molecule has 0 saturated carbocycles. The Kier molecular flexibility index (Phi) is 8.01. The summed E-state index contributed by atoms with van der Waals surface area (Å²) in [5.74, 6) is 2.30. The van der Waals surface area contributed by atoms with Crippen molar-refractivity contribution in [2.45, 2.75) is 32.9 Å². The van der Waals surface area contributed by atoms with E-state index in [2.05, 4.69) is 77.1 Å². The summed E-state index contributed by atoms with van der Waals surface area (Å²) < 4.78 is 0. The Labute approximate surface area is 223 Å². The fraction of sp³-hybridized carbons (Fsp3) is 0.321. The van der Waals surface area contributed by atoms with E-state index in [1.807, 2.05) is 37.3 Å². The summed E-state index contributed by atoms with van der Waals surface area (Å²) in [6.45, 7) is 10.5. The average Bonchev–Trinajstić information content (AvgIpc) is 2.90. The molecule has 5 rings (SSSR count). The molecule has 1 aliphatic rings. The molecule has 10 nitrogen and oxygen atoms in total. The molecular weight excluding hydrogens is 476 g/mol. The molecule has 0 aliphatic carbocycles. The van der Waals surface area contributed by atoms with Gasteiger partial charge in [-0.05, 0) is 69.3 Å². The topological polar surface area (TPSA) is 116 Å². The van der Waals surface area contributed by atoms with Crippen molar-refractivity contribution in [2.75, 3.05) is 42.1 Å². The van der Waals surface area contributed by atoms with E-state index in [0.29, 0.717) is 35.5 Å². The molecule has 4 N–H and O–H groups in total. The summed E-state index contributed by atoms with van der Waals surface area (Å²) in [5, 5.41) is 13.6. The lowest BCUT2D eigenvalue weighted by Gasteiger charge is -2.36. The lowest BCUT2D eigenvalue weighted by Crippen LogP contribution is -2.54. The Bertz CT molecular complexity index is 1330. The van der Waals surface area contributed by atoms with Crippen LogP contribution in [0.5, 0.6) is 0 Å². The zero-order chi connectivity index (χ0) is 26.3. The highest BCUT2D eigenvalue weighted by Gasteiger charge is 2.20. The van der Waals surface area contributed by atoms with Crippen molar-refractivity contribution in [1.82, 2.24) is 35.1 Å². The van der Waals surface area contributed by atoms with Crippen LogP contribution in [0.1, 0.15) is 19.5 Å². The molecule has 0 radical (unpaired) electrons. The minimum atomic E-state index is 0.493. The first-order chi connectivity index (χ1) is 18.5. The van der Waals surface area contributed by atoms with Gasteiger partial charge in [-0.25, -0.2) is 19.9 Å². The maximum atomic E-state index is 4.59. The molecule has 4 heterocycles. The van der Waals surface area contributed by atoms with Crippen LogP contribution in [-0.4, -0.2) is 68.1 Å². The molecule has 2 atom stereocenters. The van der Waals surface area contributed by atoms with E-state index >= 15 is 0 Å². The predicted octanol–water partition coefficient (Wildman–Crippen LogP) is 4.22. The summed E-state index contributed by atoms with van der Waals surface area (Å²) in [7, 11) is 0. The highest BCUT2D eigenvalue weighted by molar-refractivity contribution is 5.61. The number of aromatic nitrogens is 5. The van der Waals surface area contributed by atoms with E-state index in [4.69, 9.17) is 0 Å². The first-order valence-electron chi connectivity index (χ1n) is 13.0. The quantitative estimate of drug-likeness (QED) is 0.261. The van der Waals surface area contributed by atoms with Crippen molar-refractivity contribution < 1.29 is 0 Å². The summed E-state index contributed by atoms with van der Waals surface area (Å²) in [5.41, 5.74) is 3.64. The molecule has 0 spiro atoms. The van der Waals surface area contributed by atoms with Crippen LogP contribution < -0.4 is 21.3 Å². The first-order valence-corrected chi connectivity index (χ1v) is 13.0. The number of pyridine rings is 1. The minimum Gasteiger partial charge on any atom is -0.384 e. The van der Waals surface area contributed by atoms with Gasteiger partial charge >= 0.3 is 0 Å². The molecule has 0 amide bonds. The number of benzene rings is 1. The molecule has 10 heteroatoms. The van der Waals surface area contributed by atoms with E-state index < -0.39 is 0 Å². The first kappa shape index (κ1) is 25.5. The fourth-order valence-corrected chi connectivity index (χ4v) is 4.62. The molecule has 3 aromatic heterocycles. The third-order valence-electron chi connectivity index (χ3n) is 6.22. The van der Waals surface area contributed by atoms with Gasteiger partial charge in [-0.2, -0.15) is 4.98 Å². The van der Waals surface area contributed by atoms with Gasteiger partial charge in [0.15, 0.2) is 5.82 Å².